The smallest absolute Gasteiger partial charge is 0.261 e. The molecular weight excluding hydrogens is 265 g/mol. The summed E-state index contributed by atoms with van der Waals surface area (Å²) in [7, 11) is 0. The first kappa shape index (κ1) is 13.7. The maximum atomic E-state index is 13.6. The lowest BCUT2D eigenvalue weighted by Gasteiger charge is -2.05. The first-order valence-corrected chi connectivity index (χ1v) is 6.70. The number of hydrogen-bond acceptors (Lipinski definition) is 3. The highest BCUT2D eigenvalue weighted by Gasteiger charge is 2.12. The highest BCUT2D eigenvalue weighted by atomic mass is 32.1. The summed E-state index contributed by atoms with van der Waals surface area (Å²) in [5.41, 5.74) is 0.488. The van der Waals surface area contributed by atoms with E-state index in [0.717, 1.165) is 0 Å². The molecular formula is C14H14FNO2S. The molecule has 1 atom stereocenters. The van der Waals surface area contributed by atoms with Crippen LogP contribution in [0.5, 0.6) is 0 Å². The number of thiophene rings is 1. The van der Waals surface area contributed by atoms with Crippen molar-refractivity contribution >= 4 is 17.2 Å². The third-order valence-corrected chi connectivity index (χ3v) is 3.64. The topological polar surface area (TPSA) is 49.3 Å². The van der Waals surface area contributed by atoms with Crippen LogP contribution < -0.4 is 5.32 Å². The summed E-state index contributed by atoms with van der Waals surface area (Å²) in [6.07, 6.45) is -0.588. The zero-order valence-corrected chi connectivity index (χ0v) is 11.2. The van der Waals surface area contributed by atoms with E-state index in [1.165, 1.54) is 17.4 Å². The lowest BCUT2D eigenvalue weighted by atomic mass is 10.2. The van der Waals surface area contributed by atoms with Gasteiger partial charge in [-0.05, 0) is 25.1 Å². The molecule has 2 N–H and O–H groups in total. The fourth-order valence-corrected chi connectivity index (χ4v) is 2.54. The van der Waals surface area contributed by atoms with Gasteiger partial charge in [-0.1, -0.05) is 18.2 Å². The van der Waals surface area contributed by atoms with Crippen LogP contribution in [0.4, 0.5) is 4.39 Å². The molecule has 1 unspecified atom stereocenters. The number of rotatable bonds is 4. The monoisotopic (exact) mass is 279 g/mol. The van der Waals surface area contributed by atoms with Crippen LogP contribution >= 0.6 is 11.3 Å². The van der Waals surface area contributed by atoms with E-state index >= 15 is 0 Å². The van der Waals surface area contributed by atoms with Crippen molar-refractivity contribution in [3.63, 3.8) is 0 Å². The molecule has 0 saturated carbocycles. The van der Waals surface area contributed by atoms with E-state index < -0.39 is 6.10 Å². The van der Waals surface area contributed by atoms with Crippen molar-refractivity contribution in [3.05, 3.63) is 47.1 Å². The van der Waals surface area contributed by atoms with Gasteiger partial charge < -0.3 is 10.4 Å². The van der Waals surface area contributed by atoms with Crippen LogP contribution in [0, 0.1) is 5.82 Å². The maximum Gasteiger partial charge on any atom is 0.261 e. The van der Waals surface area contributed by atoms with Gasteiger partial charge in [0.05, 0.1) is 11.0 Å². The van der Waals surface area contributed by atoms with Crippen LogP contribution in [0.3, 0.4) is 0 Å². The molecule has 0 aliphatic carbocycles. The molecule has 1 amide bonds. The van der Waals surface area contributed by atoms with Gasteiger partial charge in [-0.3, -0.25) is 4.79 Å². The van der Waals surface area contributed by atoms with E-state index in [2.05, 4.69) is 5.32 Å². The average Bonchev–Trinajstić information content (AvgIpc) is 2.86. The zero-order chi connectivity index (χ0) is 13.8. The van der Waals surface area contributed by atoms with E-state index in [1.807, 2.05) is 0 Å². The Balaban J connectivity index is 2.15. The molecule has 100 valence electrons. The average molecular weight is 279 g/mol. The van der Waals surface area contributed by atoms with Crippen LogP contribution in [-0.4, -0.2) is 23.7 Å². The Morgan fingerprint density at radius 2 is 2.11 bits per heavy atom. The molecule has 5 heteroatoms. The molecule has 1 aromatic heterocycles. The highest BCUT2D eigenvalue weighted by molar-refractivity contribution is 7.17. The Bertz CT molecular complexity index is 580. The standard InChI is InChI=1S/C14H14FNO2S/c1-9(17)8-16-14(18)13-7-6-12(19-13)10-4-2-3-5-11(10)15/h2-7,9,17H,8H2,1H3,(H,16,18). The second-order valence-electron chi connectivity index (χ2n) is 4.20. The van der Waals surface area contributed by atoms with Gasteiger partial charge in [-0.15, -0.1) is 11.3 Å². The normalized spacial score (nSPS) is 12.2. The van der Waals surface area contributed by atoms with Gasteiger partial charge in [0.2, 0.25) is 0 Å². The summed E-state index contributed by atoms with van der Waals surface area (Å²) in [5.74, 6) is -0.561. The van der Waals surface area contributed by atoms with Gasteiger partial charge in [0.1, 0.15) is 5.82 Å². The summed E-state index contributed by atoms with van der Waals surface area (Å²) < 4.78 is 13.6. The van der Waals surface area contributed by atoms with Crippen molar-refractivity contribution in [2.45, 2.75) is 13.0 Å². The Labute approximate surface area is 114 Å². The van der Waals surface area contributed by atoms with Crippen molar-refractivity contribution in [3.8, 4) is 10.4 Å². The Hall–Kier alpha value is -1.72. The summed E-state index contributed by atoms with van der Waals surface area (Å²) in [5, 5.41) is 11.7. The number of hydrogen-bond donors (Lipinski definition) is 2. The predicted octanol–water partition coefficient (Wildman–Crippen LogP) is 2.66. The van der Waals surface area contributed by atoms with E-state index in [9.17, 15) is 9.18 Å². The molecule has 1 aromatic carbocycles. The molecule has 19 heavy (non-hydrogen) atoms. The van der Waals surface area contributed by atoms with Crippen molar-refractivity contribution in [1.29, 1.82) is 0 Å². The molecule has 3 nitrogen and oxygen atoms in total. The highest BCUT2D eigenvalue weighted by Crippen LogP contribution is 2.29. The summed E-state index contributed by atoms with van der Waals surface area (Å²) >= 11 is 1.23. The minimum atomic E-state index is -0.588. The summed E-state index contributed by atoms with van der Waals surface area (Å²) in [4.78, 5) is 13.0. The fourth-order valence-electron chi connectivity index (χ4n) is 1.59. The van der Waals surface area contributed by atoms with Gasteiger partial charge in [0.25, 0.3) is 5.91 Å². The summed E-state index contributed by atoms with van der Waals surface area (Å²) in [6.45, 7) is 1.80. The van der Waals surface area contributed by atoms with Crippen LogP contribution in [0.1, 0.15) is 16.6 Å². The lowest BCUT2D eigenvalue weighted by molar-refractivity contribution is 0.0928. The first-order valence-electron chi connectivity index (χ1n) is 5.89. The number of carbonyl (C=O) groups is 1. The van der Waals surface area contributed by atoms with Crippen molar-refractivity contribution < 1.29 is 14.3 Å². The number of nitrogens with one attached hydrogen (secondary N) is 1. The van der Waals surface area contributed by atoms with Crippen molar-refractivity contribution in [2.75, 3.05) is 6.54 Å². The third kappa shape index (κ3) is 3.39. The fraction of sp³-hybridized carbons (Fsp3) is 0.214. The quantitative estimate of drug-likeness (QED) is 0.904. The molecule has 0 aliphatic heterocycles. The molecule has 2 aromatic rings. The zero-order valence-electron chi connectivity index (χ0n) is 10.4. The molecule has 0 bridgehead atoms. The largest absolute Gasteiger partial charge is 0.392 e. The molecule has 0 saturated heterocycles. The molecule has 2 rings (SSSR count). The third-order valence-electron chi connectivity index (χ3n) is 2.53. The SMILES string of the molecule is CC(O)CNC(=O)c1ccc(-c2ccccc2F)s1. The van der Waals surface area contributed by atoms with Crippen LogP contribution in [0.2, 0.25) is 0 Å². The Morgan fingerprint density at radius 1 is 1.37 bits per heavy atom. The van der Waals surface area contributed by atoms with Crippen LogP contribution in [0.25, 0.3) is 10.4 Å². The van der Waals surface area contributed by atoms with E-state index in [1.54, 1.807) is 37.3 Å². The number of aliphatic hydroxyl groups excluding tert-OH is 1. The molecule has 0 spiro atoms. The first-order chi connectivity index (χ1) is 9.08. The van der Waals surface area contributed by atoms with Gasteiger partial charge in [0, 0.05) is 17.0 Å². The predicted molar refractivity (Wildman–Crippen MR) is 73.7 cm³/mol. The molecule has 0 radical (unpaired) electrons. The summed E-state index contributed by atoms with van der Waals surface area (Å²) in [6, 6.07) is 9.83. The van der Waals surface area contributed by atoms with E-state index in [-0.39, 0.29) is 18.3 Å². The van der Waals surface area contributed by atoms with E-state index in [0.29, 0.717) is 15.3 Å². The lowest BCUT2D eigenvalue weighted by Crippen LogP contribution is -2.29. The minimum absolute atomic E-state index is 0.200. The van der Waals surface area contributed by atoms with Crippen LogP contribution in [0.15, 0.2) is 36.4 Å². The Kier molecular flexibility index (Phi) is 4.29. The number of halogens is 1. The Morgan fingerprint density at radius 3 is 2.79 bits per heavy atom. The van der Waals surface area contributed by atoms with Crippen molar-refractivity contribution in [1.82, 2.24) is 5.32 Å². The van der Waals surface area contributed by atoms with E-state index in [4.69, 9.17) is 5.11 Å². The molecule has 1 heterocycles. The second-order valence-corrected chi connectivity index (χ2v) is 5.29. The number of carbonyl (C=O) groups excluding carboxylic acids is 1. The molecule has 0 fully saturated rings. The van der Waals surface area contributed by atoms with Gasteiger partial charge in [0.15, 0.2) is 0 Å². The second kappa shape index (κ2) is 5.95. The molecule has 0 aliphatic rings. The van der Waals surface area contributed by atoms with Gasteiger partial charge in [-0.2, -0.15) is 0 Å². The maximum absolute atomic E-state index is 13.6. The minimum Gasteiger partial charge on any atom is -0.392 e. The number of aliphatic hydroxyl groups is 1. The number of benzene rings is 1. The van der Waals surface area contributed by atoms with Crippen LogP contribution in [-0.2, 0) is 0 Å². The van der Waals surface area contributed by atoms with Crippen molar-refractivity contribution in [2.24, 2.45) is 0 Å². The number of amides is 1. The van der Waals surface area contributed by atoms with Gasteiger partial charge in [-0.25, -0.2) is 4.39 Å². The van der Waals surface area contributed by atoms with Gasteiger partial charge >= 0.3 is 0 Å².